The molecule has 0 unspecified atom stereocenters. The number of benzene rings is 2. The summed E-state index contributed by atoms with van der Waals surface area (Å²) in [5.74, 6) is 0. The van der Waals surface area contributed by atoms with Gasteiger partial charge in [0.1, 0.15) is 5.69 Å². The van der Waals surface area contributed by atoms with Crippen LogP contribution in [0.15, 0.2) is 36.4 Å². The van der Waals surface area contributed by atoms with Crippen molar-refractivity contribution in [2.75, 3.05) is 11.5 Å². The monoisotopic (exact) mass is 427 g/mol. The summed E-state index contributed by atoms with van der Waals surface area (Å²) >= 11 is 6.04. The zero-order valence-electron chi connectivity index (χ0n) is 14.9. The predicted octanol–water partition coefficient (Wildman–Crippen LogP) is 5.98. The number of carbonyl (C=O) groups is 1. The molecule has 152 valence electrons. The fourth-order valence-corrected chi connectivity index (χ4v) is 2.74. The van der Waals surface area contributed by atoms with Crippen LogP contribution in [-0.4, -0.2) is 17.6 Å². The largest absolute Gasteiger partial charge is 0.449 e. The second-order valence-corrected chi connectivity index (χ2v) is 6.01. The van der Waals surface area contributed by atoms with Gasteiger partial charge >= 0.3 is 12.3 Å². The lowest BCUT2D eigenvalue weighted by molar-refractivity contribution is -0.384. The van der Waals surface area contributed by atoms with Crippen LogP contribution in [0.5, 0.6) is 0 Å². The number of ether oxygens (including phenoxy) is 1. The highest BCUT2D eigenvalue weighted by Crippen LogP contribution is 2.45. The fourth-order valence-electron chi connectivity index (χ4n) is 2.54. The molecule has 0 N–H and O–H groups in total. The molecule has 0 aromatic heterocycles. The van der Waals surface area contributed by atoms with E-state index in [1.807, 2.05) is 0 Å². The first-order valence-corrected chi connectivity index (χ1v) is 8.42. The van der Waals surface area contributed by atoms with E-state index < -0.39 is 46.4 Å². The lowest BCUT2D eigenvalue weighted by Gasteiger charge is -2.25. The van der Waals surface area contributed by atoms with Crippen molar-refractivity contribution in [3.05, 3.63) is 74.1 Å². The van der Waals surface area contributed by atoms with Gasteiger partial charge in [-0.15, -0.1) is 0 Å². The van der Waals surface area contributed by atoms with Crippen LogP contribution in [0, 0.1) is 16.7 Å². The van der Waals surface area contributed by atoms with Gasteiger partial charge < -0.3 is 4.74 Å². The first-order valence-electron chi connectivity index (χ1n) is 8.04. The van der Waals surface area contributed by atoms with Crippen molar-refractivity contribution in [3.8, 4) is 0 Å². The van der Waals surface area contributed by atoms with Crippen molar-refractivity contribution in [2.24, 2.45) is 0 Å². The van der Waals surface area contributed by atoms with Crippen molar-refractivity contribution in [2.45, 2.75) is 19.6 Å². The molecule has 0 radical (unpaired) electrons. The van der Waals surface area contributed by atoms with E-state index in [0.717, 1.165) is 0 Å². The number of halogens is 4. The molecule has 0 fully saturated rings. The molecule has 0 aliphatic heterocycles. The number of anilines is 1. The summed E-state index contributed by atoms with van der Waals surface area (Å²) in [5, 5.41) is 11.7. The highest BCUT2D eigenvalue weighted by molar-refractivity contribution is 6.31. The van der Waals surface area contributed by atoms with Gasteiger partial charge in [-0.3, -0.25) is 15.0 Å². The topological polar surface area (TPSA) is 77.0 Å². The summed E-state index contributed by atoms with van der Waals surface area (Å²) in [6.07, 6.45) is -6.30. The van der Waals surface area contributed by atoms with Gasteiger partial charge in [0.2, 0.25) is 0 Å². The summed E-state index contributed by atoms with van der Waals surface area (Å²) in [5.41, 5.74) is -3.91. The molecular formula is C18H13ClF3N3O4. The van der Waals surface area contributed by atoms with Gasteiger partial charge in [0.05, 0.1) is 30.2 Å². The second kappa shape index (κ2) is 8.79. The summed E-state index contributed by atoms with van der Waals surface area (Å²) in [6.45, 7) is 7.68. The molecule has 0 atom stereocenters. The van der Waals surface area contributed by atoms with Crippen molar-refractivity contribution in [3.63, 3.8) is 0 Å². The molecule has 29 heavy (non-hydrogen) atoms. The van der Waals surface area contributed by atoms with Crippen molar-refractivity contribution in [1.82, 2.24) is 0 Å². The van der Waals surface area contributed by atoms with E-state index in [1.165, 1.54) is 19.1 Å². The quantitative estimate of drug-likeness (QED) is 0.334. The third-order valence-electron chi connectivity index (χ3n) is 3.75. The second-order valence-electron chi connectivity index (χ2n) is 5.60. The third kappa shape index (κ3) is 4.94. The maximum Gasteiger partial charge on any atom is 0.417 e. The Morgan fingerprint density at radius 2 is 2.00 bits per heavy atom. The summed E-state index contributed by atoms with van der Waals surface area (Å²) in [6, 6.07) is 7.17. The van der Waals surface area contributed by atoms with E-state index in [-0.39, 0.29) is 17.2 Å². The number of amides is 1. The third-order valence-corrected chi connectivity index (χ3v) is 4.12. The number of hydrogen-bond donors (Lipinski definition) is 0. The minimum atomic E-state index is -5.08. The van der Waals surface area contributed by atoms with E-state index in [2.05, 4.69) is 4.85 Å². The van der Waals surface area contributed by atoms with Crippen molar-refractivity contribution < 1.29 is 27.6 Å². The Kier molecular flexibility index (Phi) is 6.66. The van der Waals surface area contributed by atoms with Gasteiger partial charge in [0, 0.05) is 11.1 Å². The van der Waals surface area contributed by atoms with Gasteiger partial charge in [-0.05, 0) is 24.6 Å². The Labute approximate surface area is 168 Å². The zero-order valence-corrected chi connectivity index (χ0v) is 15.6. The smallest absolute Gasteiger partial charge is 0.417 e. The molecule has 0 spiro atoms. The average molecular weight is 428 g/mol. The fraction of sp³-hybridized carbons (Fsp3) is 0.222. The van der Waals surface area contributed by atoms with Gasteiger partial charge in [0.25, 0.3) is 5.69 Å². The number of nitro benzene ring substituents is 1. The number of rotatable bonds is 5. The molecule has 2 aromatic carbocycles. The first-order chi connectivity index (χ1) is 13.6. The molecule has 0 saturated carbocycles. The van der Waals surface area contributed by atoms with Crippen LogP contribution in [0.3, 0.4) is 0 Å². The molecule has 7 nitrogen and oxygen atoms in total. The lowest BCUT2D eigenvalue weighted by atomic mass is 10.1. The Morgan fingerprint density at radius 1 is 1.34 bits per heavy atom. The van der Waals surface area contributed by atoms with Crippen molar-refractivity contribution in [1.29, 1.82) is 0 Å². The van der Waals surface area contributed by atoms with E-state index in [1.54, 1.807) is 12.1 Å². The number of alkyl halides is 3. The molecule has 0 aliphatic rings. The van der Waals surface area contributed by atoms with Gasteiger partial charge in [0.15, 0.2) is 5.69 Å². The van der Waals surface area contributed by atoms with E-state index >= 15 is 0 Å². The highest BCUT2D eigenvalue weighted by Gasteiger charge is 2.41. The van der Waals surface area contributed by atoms with E-state index in [4.69, 9.17) is 22.9 Å². The molecule has 2 aromatic rings. The SMILES string of the molecule is [C-]#[N+]c1cc([N+](=O)[O-])c(N(Cc2ccccc2Cl)C(=O)OCC)c(C(F)(F)F)c1. The van der Waals surface area contributed by atoms with Gasteiger partial charge in [-0.1, -0.05) is 29.8 Å². The van der Waals surface area contributed by atoms with E-state index in [9.17, 15) is 28.1 Å². The molecule has 11 heteroatoms. The average Bonchev–Trinajstić information content (AvgIpc) is 2.65. The van der Waals surface area contributed by atoms with Crippen LogP contribution in [0.1, 0.15) is 18.1 Å². The molecule has 2 rings (SSSR count). The predicted molar refractivity (Wildman–Crippen MR) is 99.0 cm³/mol. The molecular weight excluding hydrogens is 415 g/mol. The molecule has 0 aliphatic carbocycles. The number of nitrogens with zero attached hydrogens (tertiary/aromatic N) is 3. The summed E-state index contributed by atoms with van der Waals surface area (Å²) in [4.78, 5) is 26.3. The van der Waals surface area contributed by atoms with Crippen LogP contribution in [0.25, 0.3) is 4.85 Å². The number of nitro groups is 1. The standard InChI is InChI=1S/C18H13ClF3N3O4/c1-3-29-17(26)24(10-11-6-4-5-7-14(11)19)16-13(18(20,21)22)8-12(23-2)9-15(16)25(27)28/h4-9H,3,10H2,1H3. The number of carbonyl (C=O) groups excluding carboxylic acids is 1. The highest BCUT2D eigenvalue weighted by atomic mass is 35.5. The van der Waals surface area contributed by atoms with Gasteiger partial charge in [-0.2, -0.15) is 13.2 Å². The van der Waals surface area contributed by atoms with Crippen LogP contribution < -0.4 is 4.90 Å². The molecule has 1 amide bonds. The van der Waals surface area contributed by atoms with Crippen LogP contribution in [0.2, 0.25) is 5.02 Å². The van der Waals surface area contributed by atoms with E-state index in [0.29, 0.717) is 17.0 Å². The molecule has 0 heterocycles. The Morgan fingerprint density at radius 3 is 2.52 bits per heavy atom. The summed E-state index contributed by atoms with van der Waals surface area (Å²) < 4.78 is 45.9. The Bertz CT molecular complexity index is 989. The minimum absolute atomic E-state index is 0.149. The molecule has 0 saturated heterocycles. The first kappa shape index (κ1) is 22.0. The van der Waals surface area contributed by atoms with Crippen LogP contribution in [-0.2, 0) is 17.5 Å². The van der Waals surface area contributed by atoms with Crippen LogP contribution in [0.4, 0.5) is 35.0 Å². The Balaban J connectivity index is 2.81. The van der Waals surface area contributed by atoms with Crippen molar-refractivity contribution >= 4 is 34.8 Å². The maximum atomic E-state index is 13.7. The zero-order chi connectivity index (χ0) is 21.8. The maximum absolute atomic E-state index is 13.7. The Hall–Kier alpha value is -3.32. The lowest BCUT2D eigenvalue weighted by Crippen LogP contribution is -2.33. The van der Waals surface area contributed by atoms with Gasteiger partial charge in [-0.25, -0.2) is 9.64 Å². The minimum Gasteiger partial charge on any atom is -0.449 e. The normalized spacial score (nSPS) is 10.9. The molecule has 0 bridgehead atoms. The van der Waals surface area contributed by atoms with Crippen LogP contribution >= 0.6 is 11.6 Å². The summed E-state index contributed by atoms with van der Waals surface area (Å²) in [7, 11) is 0. The number of hydrogen-bond acceptors (Lipinski definition) is 4.